The highest BCUT2D eigenvalue weighted by atomic mass is 35.5. The summed E-state index contributed by atoms with van der Waals surface area (Å²) in [6.45, 7) is 4.36. The zero-order valence-electron chi connectivity index (χ0n) is 19.3. The maximum absolute atomic E-state index is 13.8. The number of piperidine rings is 1. The van der Waals surface area contributed by atoms with E-state index < -0.39 is 0 Å². The summed E-state index contributed by atoms with van der Waals surface area (Å²) in [4.78, 5) is 34.1. The van der Waals surface area contributed by atoms with Crippen molar-refractivity contribution >= 4 is 34.8 Å². The minimum Gasteiger partial charge on any atom is -0.496 e. The molecule has 0 spiro atoms. The van der Waals surface area contributed by atoms with E-state index in [-0.39, 0.29) is 23.9 Å². The number of likely N-dealkylation sites (tertiary alicyclic amines) is 1. The summed E-state index contributed by atoms with van der Waals surface area (Å²) in [5.41, 5.74) is 3.09. The fourth-order valence-electron chi connectivity index (χ4n) is 4.89. The Morgan fingerprint density at radius 2 is 2.03 bits per heavy atom. The predicted molar refractivity (Wildman–Crippen MR) is 134 cm³/mol. The molecule has 1 unspecified atom stereocenters. The Hall–Kier alpha value is -2.90. The Bertz CT molecular complexity index is 1270. The summed E-state index contributed by atoms with van der Waals surface area (Å²) in [5.74, 6) is 0.631. The fraction of sp³-hybridized carbons (Fsp3) is 0.346. The molecule has 2 aliphatic rings. The molecule has 1 aliphatic heterocycles. The Morgan fingerprint density at radius 1 is 1.21 bits per heavy atom. The molecule has 2 amide bonds. The van der Waals surface area contributed by atoms with E-state index in [0.29, 0.717) is 34.5 Å². The molecule has 3 aromatic rings. The monoisotopic (exact) mass is 495 g/mol. The Morgan fingerprint density at radius 3 is 2.79 bits per heavy atom. The SMILES string of the molecule is COc1cc(Cl)ccc1C(=O)NC[C@@H]1C[C@@H]2CC2N1C(=O)c1nc(C)sc1-c1cccc(C)c1. The van der Waals surface area contributed by atoms with Crippen molar-refractivity contribution in [3.05, 3.63) is 69.3 Å². The van der Waals surface area contributed by atoms with Crippen LogP contribution in [0.2, 0.25) is 5.02 Å². The number of rotatable bonds is 6. The van der Waals surface area contributed by atoms with Crippen LogP contribution in [-0.2, 0) is 0 Å². The molecule has 2 fully saturated rings. The number of methoxy groups -OCH3 is 1. The van der Waals surface area contributed by atoms with E-state index in [0.717, 1.165) is 33.9 Å². The van der Waals surface area contributed by atoms with E-state index in [1.807, 2.05) is 36.9 Å². The minimum atomic E-state index is -0.244. The first-order chi connectivity index (χ1) is 16.4. The number of carbonyl (C=O) groups excluding carboxylic acids is 2. The van der Waals surface area contributed by atoms with Crippen LogP contribution < -0.4 is 10.1 Å². The van der Waals surface area contributed by atoms with Crippen molar-refractivity contribution in [3.63, 3.8) is 0 Å². The lowest BCUT2D eigenvalue weighted by molar-refractivity contribution is 0.0684. The van der Waals surface area contributed by atoms with Crippen molar-refractivity contribution in [1.29, 1.82) is 0 Å². The molecule has 1 N–H and O–H groups in total. The molecule has 5 rings (SSSR count). The van der Waals surface area contributed by atoms with Gasteiger partial charge >= 0.3 is 0 Å². The molecule has 1 saturated carbocycles. The number of halogens is 1. The highest BCUT2D eigenvalue weighted by molar-refractivity contribution is 7.15. The summed E-state index contributed by atoms with van der Waals surface area (Å²) in [5, 5.41) is 4.37. The zero-order chi connectivity index (χ0) is 24.0. The summed E-state index contributed by atoms with van der Waals surface area (Å²) in [6, 6.07) is 13.3. The van der Waals surface area contributed by atoms with Crippen molar-refractivity contribution in [1.82, 2.24) is 15.2 Å². The third-order valence-corrected chi connectivity index (χ3v) is 7.82. The predicted octanol–water partition coefficient (Wildman–Crippen LogP) is 5.12. The number of amides is 2. The van der Waals surface area contributed by atoms with Gasteiger partial charge in [0.2, 0.25) is 0 Å². The van der Waals surface area contributed by atoms with Crippen LogP contribution in [0.1, 0.15) is 44.3 Å². The van der Waals surface area contributed by atoms with E-state index in [1.165, 1.54) is 7.11 Å². The van der Waals surface area contributed by atoms with Crippen LogP contribution in [0.3, 0.4) is 0 Å². The Kier molecular flexibility index (Phi) is 6.08. The number of nitrogens with zero attached hydrogens (tertiary/aromatic N) is 2. The third-order valence-electron chi connectivity index (χ3n) is 6.57. The second-order valence-electron chi connectivity index (χ2n) is 9.00. The van der Waals surface area contributed by atoms with Crippen LogP contribution in [0, 0.1) is 19.8 Å². The molecule has 1 aliphatic carbocycles. The number of ether oxygens (including phenoxy) is 1. The van der Waals surface area contributed by atoms with Gasteiger partial charge in [0.1, 0.15) is 11.4 Å². The zero-order valence-corrected chi connectivity index (χ0v) is 20.9. The number of benzene rings is 2. The van der Waals surface area contributed by atoms with E-state index in [9.17, 15) is 9.59 Å². The summed E-state index contributed by atoms with van der Waals surface area (Å²) in [7, 11) is 1.51. The molecule has 0 radical (unpaired) electrons. The molecular formula is C26H26ClN3O3S. The Labute approximate surface area is 207 Å². The lowest BCUT2D eigenvalue weighted by Gasteiger charge is -2.27. The van der Waals surface area contributed by atoms with Crippen molar-refractivity contribution < 1.29 is 14.3 Å². The lowest BCUT2D eigenvalue weighted by Crippen LogP contribution is -2.45. The van der Waals surface area contributed by atoms with E-state index in [2.05, 4.69) is 16.4 Å². The molecule has 2 aromatic carbocycles. The van der Waals surface area contributed by atoms with Gasteiger partial charge in [0.25, 0.3) is 11.8 Å². The maximum atomic E-state index is 13.8. The van der Waals surface area contributed by atoms with Crippen LogP contribution in [-0.4, -0.2) is 47.4 Å². The standard InChI is InChI=1S/C26H26ClN3O3S/c1-14-5-4-6-16(9-14)24-23(29-15(2)34-24)26(32)30-19(10-17-11-21(17)30)13-28-25(31)20-8-7-18(27)12-22(20)33-3/h4-9,12,17,19,21H,10-11,13H2,1-3H3,(H,28,31)/t17-,19+,21?/m1/s1. The molecule has 176 valence electrons. The van der Waals surface area contributed by atoms with Crippen LogP contribution in [0.5, 0.6) is 5.75 Å². The summed E-state index contributed by atoms with van der Waals surface area (Å²) >= 11 is 7.57. The fourth-order valence-corrected chi connectivity index (χ4v) is 5.96. The van der Waals surface area contributed by atoms with E-state index >= 15 is 0 Å². The van der Waals surface area contributed by atoms with Crippen molar-refractivity contribution in [2.75, 3.05) is 13.7 Å². The number of aryl methyl sites for hydroxylation is 2. The molecule has 2 heterocycles. The molecule has 0 bridgehead atoms. The first kappa shape index (κ1) is 22.9. The van der Waals surface area contributed by atoms with Gasteiger partial charge in [-0.2, -0.15) is 0 Å². The van der Waals surface area contributed by atoms with E-state index in [1.54, 1.807) is 29.5 Å². The number of carbonyl (C=O) groups is 2. The van der Waals surface area contributed by atoms with Gasteiger partial charge in [-0.3, -0.25) is 9.59 Å². The largest absolute Gasteiger partial charge is 0.496 e. The normalized spacial score (nSPS) is 20.7. The second-order valence-corrected chi connectivity index (χ2v) is 10.6. The van der Waals surface area contributed by atoms with Crippen LogP contribution >= 0.6 is 22.9 Å². The first-order valence-electron chi connectivity index (χ1n) is 11.3. The number of fused-ring (bicyclic) bond motifs is 1. The molecule has 1 saturated heterocycles. The third kappa shape index (κ3) is 4.30. The number of aromatic nitrogens is 1. The van der Waals surface area contributed by atoms with Gasteiger partial charge in [0.05, 0.1) is 28.6 Å². The van der Waals surface area contributed by atoms with Crippen molar-refractivity contribution in [3.8, 4) is 16.2 Å². The van der Waals surface area contributed by atoms with Crippen molar-refractivity contribution in [2.24, 2.45) is 5.92 Å². The highest BCUT2D eigenvalue weighted by Gasteiger charge is 2.54. The smallest absolute Gasteiger partial charge is 0.274 e. The van der Waals surface area contributed by atoms with Gasteiger partial charge in [-0.05, 0) is 56.4 Å². The van der Waals surface area contributed by atoms with Gasteiger partial charge in [-0.1, -0.05) is 41.4 Å². The van der Waals surface area contributed by atoms with Gasteiger partial charge in [0.15, 0.2) is 0 Å². The summed E-state index contributed by atoms with van der Waals surface area (Å²) < 4.78 is 5.31. The Balaban J connectivity index is 1.35. The van der Waals surface area contributed by atoms with Gasteiger partial charge < -0.3 is 15.0 Å². The molecule has 8 heteroatoms. The van der Waals surface area contributed by atoms with Gasteiger partial charge in [-0.25, -0.2) is 4.98 Å². The first-order valence-corrected chi connectivity index (χ1v) is 12.5. The minimum absolute atomic E-state index is 0.0471. The van der Waals surface area contributed by atoms with Crippen LogP contribution in [0.15, 0.2) is 42.5 Å². The average Bonchev–Trinajstić information content (AvgIpc) is 3.30. The number of hydrogen-bond acceptors (Lipinski definition) is 5. The van der Waals surface area contributed by atoms with Crippen molar-refractivity contribution in [2.45, 2.75) is 38.8 Å². The number of hydrogen-bond donors (Lipinski definition) is 1. The maximum Gasteiger partial charge on any atom is 0.274 e. The molecule has 1 aromatic heterocycles. The molecular weight excluding hydrogens is 470 g/mol. The molecule has 34 heavy (non-hydrogen) atoms. The van der Waals surface area contributed by atoms with E-state index in [4.69, 9.17) is 16.3 Å². The quantitative estimate of drug-likeness (QED) is 0.515. The lowest BCUT2D eigenvalue weighted by atomic mass is 10.1. The van der Waals surface area contributed by atoms with Crippen LogP contribution in [0.25, 0.3) is 10.4 Å². The highest BCUT2D eigenvalue weighted by Crippen LogP contribution is 2.48. The number of thiazole rings is 1. The van der Waals surface area contributed by atoms with Crippen LogP contribution in [0.4, 0.5) is 0 Å². The average molecular weight is 496 g/mol. The molecule has 6 nitrogen and oxygen atoms in total. The van der Waals surface area contributed by atoms with Gasteiger partial charge in [0, 0.05) is 17.6 Å². The summed E-state index contributed by atoms with van der Waals surface area (Å²) in [6.07, 6.45) is 1.90. The topological polar surface area (TPSA) is 71.5 Å². The number of nitrogens with one attached hydrogen (secondary N) is 1. The second kappa shape index (κ2) is 9.04. The molecule has 3 atom stereocenters. The van der Waals surface area contributed by atoms with Gasteiger partial charge in [-0.15, -0.1) is 11.3 Å².